The lowest BCUT2D eigenvalue weighted by molar-refractivity contribution is 0.0998. The van der Waals surface area contributed by atoms with Crippen LogP contribution in [-0.2, 0) is 10.0 Å². The largest absolute Gasteiger partial charge is 0.451 e. The van der Waals surface area contributed by atoms with Gasteiger partial charge in [0.15, 0.2) is 5.76 Å². The molecule has 154 valence electrons. The van der Waals surface area contributed by atoms with Crippen molar-refractivity contribution in [2.24, 2.45) is 0 Å². The van der Waals surface area contributed by atoms with Crippen molar-refractivity contribution in [1.29, 1.82) is 0 Å². The zero-order valence-electron chi connectivity index (χ0n) is 16.7. The SMILES string of the molecule is CCN(CC)S(=O)(=O)c1ccc2oc(C(=O)Nc3cccc(Cl)c3C)c(C)c2c1. The second-order valence-electron chi connectivity index (χ2n) is 6.67. The smallest absolute Gasteiger partial charge is 0.291 e. The van der Waals surface area contributed by atoms with E-state index in [2.05, 4.69) is 5.32 Å². The third kappa shape index (κ3) is 3.90. The minimum absolute atomic E-state index is 0.136. The molecule has 0 aliphatic heterocycles. The maximum absolute atomic E-state index is 12.8. The normalized spacial score (nSPS) is 11.9. The highest BCUT2D eigenvalue weighted by Gasteiger charge is 2.24. The molecule has 0 aliphatic carbocycles. The van der Waals surface area contributed by atoms with Crippen LogP contribution in [0.2, 0.25) is 5.02 Å². The second kappa shape index (κ2) is 8.18. The van der Waals surface area contributed by atoms with E-state index in [1.165, 1.54) is 10.4 Å². The third-order valence-corrected chi connectivity index (χ3v) is 7.43. The molecule has 0 bridgehead atoms. The van der Waals surface area contributed by atoms with Crippen LogP contribution in [0.15, 0.2) is 45.7 Å². The van der Waals surface area contributed by atoms with Crippen molar-refractivity contribution >= 4 is 44.2 Å². The number of furan rings is 1. The maximum atomic E-state index is 12.8. The lowest BCUT2D eigenvalue weighted by Gasteiger charge is -2.18. The predicted octanol–water partition coefficient (Wildman–Crippen LogP) is 4.99. The van der Waals surface area contributed by atoms with Crippen molar-refractivity contribution in [3.05, 3.63) is 58.3 Å². The first-order valence-corrected chi connectivity index (χ1v) is 11.1. The number of hydrogen-bond donors (Lipinski definition) is 1. The fourth-order valence-electron chi connectivity index (χ4n) is 3.21. The molecule has 6 nitrogen and oxygen atoms in total. The number of amides is 1. The molecule has 0 spiro atoms. The zero-order valence-corrected chi connectivity index (χ0v) is 18.3. The monoisotopic (exact) mass is 434 g/mol. The molecule has 29 heavy (non-hydrogen) atoms. The fourth-order valence-corrected chi connectivity index (χ4v) is 4.87. The van der Waals surface area contributed by atoms with Gasteiger partial charge in [0.05, 0.1) is 4.90 Å². The summed E-state index contributed by atoms with van der Waals surface area (Å²) in [6.45, 7) is 7.90. The number of anilines is 1. The highest BCUT2D eigenvalue weighted by molar-refractivity contribution is 7.89. The Morgan fingerprint density at radius 3 is 2.45 bits per heavy atom. The van der Waals surface area contributed by atoms with E-state index in [1.54, 1.807) is 51.1 Å². The van der Waals surface area contributed by atoms with Crippen molar-refractivity contribution in [3.63, 3.8) is 0 Å². The number of halogens is 1. The van der Waals surface area contributed by atoms with Gasteiger partial charge >= 0.3 is 0 Å². The molecule has 3 rings (SSSR count). The van der Waals surface area contributed by atoms with E-state index < -0.39 is 15.9 Å². The first kappa shape index (κ1) is 21.4. The number of nitrogens with zero attached hydrogens (tertiary/aromatic N) is 1. The van der Waals surface area contributed by atoms with E-state index in [0.29, 0.717) is 40.3 Å². The number of carbonyl (C=O) groups is 1. The molecule has 0 aliphatic rings. The Morgan fingerprint density at radius 2 is 1.79 bits per heavy atom. The number of hydrogen-bond acceptors (Lipinski definition) is 4. The average Bonchev–Trinajstić information content (AvgIpc) is 3.02. The van der Waals surface area contributed by atoms with Crippen LogP contribution in [0.4, 0.5) is 5.69 Å². The molecule has 2 aromatic carbocycles. The van der Waals surface area contributed by atoms with E-state index in [1.807, 2.05) is 6.92 Å². The summed E-state index contributed by atoms with van der Waals surface area (Å²) in [4.78, 5) is 13.0. The molecule has 0 saturated carbocycles. The zero-order chi connectivity index (χ0) is 21.3. The van der Waals surface area contributed by atoms with E-state index in [4.69, 9.17) is 16.0 Å². The number of nitrogens with one attached hydrogen (secondary N) is 1. The van der Waals surface area contributed by atoms with Gasteiger partial charge in [0, 0.05) is 34.7 Å². The van der Waals surface area contributed by atoms with Crippen molar-refractivity contribution in [1.82, 2.24) is 4.31 Å². The van der Waals surface area contributed by atoms with E-state index in [0.717, 1.165) is 5.56 Å². The molecule has 0 atom stereocenters. The van der Waals surface area contributed by atoms with E-state index in [-0.39, 0.29) is 10.7 Å². The Labute approximate surface area is 175 Å². The average molecular weight is 435 g/mol. The van der Waals surface area contributed by atoms with Crippen LogP contribution in [0.5, 0.6) is 0 Å². The summed E-state index contributed by atoms with van der Waals surface area (Å²) < 4.78 is 32.7. The van der Waals surface area contributed by atoms with Crippen molar-refractivity contribution < 1.29 is 17.6 Å². The maximum Gasteiger partial charge on any atom is 0.291 e. The fraction of sp³-hybridized carbons (Fsp3) is 0.286. The standard InChI is InChI=1S/C21H23ClN2O4S/c1-5-24(6-2)29(26,27)15-10-11-19-16(12-15)13(3)20(28-19)21(25)23-18-9-7-8-17(22)14(18)4/h7-12H,5-6H2,1-4H3,(H,23,25). The summed E-state index contributed by atoms with van der Waals surface area (Å²) in [5, 5.41) is 3.95. The van der Waals surface area contributed by atoms with Crippen molar-refractivity contribution in [2.45, 2.75) is 32.6 Å². The van der Waals surface area contributed by atoms with Crippen LogP contribution >= 0.6 is 11.6 Å². The van der Waals surface area contributed by atoms with Gasteiger partial charge in [-0.15, -0.1) is 0 Å². The predicted molar refractivity (Wildman–Crippen MR) is 115 cm³/mol. The van der Waals surface area contributed by atoms with Crippen LogP contribution in [-0.4, -0.2) is 31.7 Å². The summed E-state index contributed by atoms with van der Waals surface area (Å²) in [5.41, 5.74) is 2.37. The van der Waals surface area contributed by atoms with E-state index >= 15 is 0 Å². The first-order chi connectivity index (χ1) is 13.7. The minimum Gasteiger partial charge on any atom is -0.451 e. The Bertz CT molecular complexity index is 1180. The van der Waals surface area contributed by atoms with Gasteiger partial charge in [0.2, 0.25) is 10.0 Å². The van der Waals surface area contributed by atoms with Crippen LogP contribution in [0.3, 0.4) is 0 Å². The number of aryl methyl sites for hydroxylation is 1. The molecule has 1 N–H and O–H groups in total. The lowest BCUT2D eigenvalue weighted by Crippen LogP contribution is -2.30. The van der Waals surface area contributed by atoms with Crippen LogP contribution < -0.4 is 5.32 Å². The summed E-state index contributed by atoms with van der Waals surface area (Å²) in [5.74, 6) is -0.283. The number of carbonyl (C=O) groups excluding carboxylic acids is 1. The minimum atomic E-state index is -3.60. The summed E-state index contributed by atoms with van der Waals surface area (Å²) in [6.07, 6.45) is 0. The highest BCUT2D eigenvalue weighted by atomic mass is 35.5. The molecular formula is C21H23ClN2O4S. The molecule has 0 saturated heterocycles. The highest BCUT2D eigenvalue weighted by Crippen LogP contribution is 2.30. The van der Waals surface area contributed by atoms with Gasteiger partial charge in [0.25, 0.3) is 5.91 Å². The molecule has 1 amide bonds. The molecular weight excluding hydrogens is 412 g/mol. The van der Waals surface area contributed by atoms with Gasteiger partial charge in [0.1, 0.15) is 5.58 Å². The van der Waals surface area contributed by atoms with Gasteiger partial charge in [-0.25, -0.2) is 8.42 Å². The topological polar surface area (TPSA) is 79.6 Å². The lowest BCUT2D eigenvalue weighted by atomic mass is 10.1. The van der Waals surface area contributed by atoms with Gasteiger partial charge in [-0.3, -0.25) is 4.79 Å². The Kier molecular flexibility index (Phi) is 6.03. The summed E-state index contributed by atoms with van der Waals surface area (Å²) >= 11 is 6.11. The van der Waals surface area contributed by atoms with Crippen LogP contribution in [0.25, 0.3) is 11.0 Å². The third-order valence-electron chi connectivity index (χ3n) is 4.97. The molecule has 0 fully saturated rings. The number of sulfonamides is 1. The molecule has 1 aromatic heterocycles. The Hall–Kier alpha value is -2.35. The molecule has 0 unspecified atom stereocenters. The number of rotatable bonds is 6. The molecule has 1 heterocycles. The summed E-state index contributed by atoms with van der Waals surface area (Å²) in [6, 6.07) is 9.90. The quantitative estimate of drug-likeness (QED) is 0.592. The Balaban J connectivity index is 2.00. The van der Waals surface area contributed by atoms with Crippen molar-refractivity contribution in [3.8, 4) is 0 Å². The Morgan fingerprint density at radius 1 is 1.10 bits per heavy atom. The van der Waals surface area contributed by atoms with Crippen molar-refractivity contribution in [2.75, 3.05) is 18.4 Å². The van der Waals surface area contributed by atoms with Gasteiger partial charge in [-0.1, -0.05) is 31.5 Å². The number of benzene rings is 2. The molecule has 3 aromatic rings. The van der Waals surface area contributed by atoms with Gasteiger partial charge in [-0.2, -0.15) is 4.31 Å². The van der Waals surface area contributed by atoms with Gasteiger partial charge < -0.3 is 9.73 Å². The molecule has 0 radical (unpaired) electrons. The molecule has 8 heteroatoms. The van der Waals surface area contributed by atoms with Crippen LogP contribution in [0.1, 0.15) is 35.5 Å². The van der Waals surface area contributed by atoms with Crippen LogP contribution in [0, 0.1) is 13.8 Å². The summed E-state index contributed by atoms with van der Waals surface area (Å²) in [7, 11) is -3.60. The van der Waals surface area contributed by atoms with E-state index in [9.17, 15) is 13.2 Å². The second-order valence-corrected chi connectivity index (χ2v) is 9.02. The number of fused-ring (bicyclic) bond motifs is 1. The first-order valence-electron chi connectivity index (χ1n) is 9.30. The van der Waals surface area contributed by atoms with Gasteiger partial charge in [-0.05, 0) is 49.7 Å².